The molecule has 4 aromatic rings. The molecule has 9 nitrogen and oxygen atoms in total. The van der Waals surface area contributed by atoms with E-state index in [4.69, 9.17) is 29.3 Å². The highest BCUT2D eigenvalue weighted by atomic mass is 28.3. The summed E-state index contributed by atoms with van der Waals surface area (Å²) in [6, 6.07) is 14.1. The zero-order valence-electron chi connectivity index (χ0n) is 31.1. The summed E-state index contributed by atoms with van der Waals surface area (Å²) in [6.45, 7) is 16.6. The molecule has 50 heavy (non-hydrogen) atoms. The van der Waals surface area contributed by atoms with Gasteiger partial charge in [-0.1, -0.05) is 58.2 Å². The van der Waals surface area contributed by atoms with Crippen molar-refractivity contribution in [2.45, 2.75) is 89.4 Å². The standard InChI is InChI=1S/C39H55N5O4Si2/c1-46-37-13-11-30(21-33(37)25-45)35-12-10-31(23-40-35)34-24-41-44-38(22-36(42-39(34)44)32-19-28-8-9-29(18-28)20-32)43(26-47-14-16-49(2,3)4)27-48-15-17-50(5,6)7/h10-13,21-25,28-29,32H,8-9,14-20,26-27H2,1-7H3/t28-,29+,32+. The number of anilines is 1. The number of nitrogens with zero attached hydrogens (tertiary/aromatic N) is 5. The lowest BCUT2D eigenvalue weighted by molar-refractivity contribution is 0.0942. The first-order valence-corrected chi connectivity index (χ1v) is 25.7. The first-order valence-electron chi connectivity index (χ1n) is 18.3. The van der Waals surface area contributed by atoms with Gasteiger partial charge in [-0.2, -0.15) is 9.61 Å². The largest absolute Gasteiger partial charge is 0.496 e. The minimum atomic E-state index is -1.24. The molecule has 3 heterocycles. The second kappa shape index (κ2) is 15.5. The van der Waals surface area contributed by atoms with E-state index in [1.807, 2.05) is 35.1 Å². The van der Waals surface area contributed by atoms with Crippen LogP contribution in [0.4, 0.5) is 5.82 Å². The smallest absolute Gasteiger partial charge is 0.165 e. The third-order valence-electron chi connectivity index (χ3n) is 10.3. The maximum absolute atomic E-state index is 11.7. The number of carbonyl (C=O) groups excluding carboxylic acids is 1. The summed E-state index contributed by atoms with van der Waals surface area (Å²) in [5.41, 5.74) is 5.98. The van der Waals surface area contributed by atoms with Crippen LogP contribution < -0.4 is 9.64 Å². The van der Waals surface area contributed by atoms with Crippen LogP contribution in [0, 0.1) is 11.8 Å². The van der Waals surface area contributed by atoms with E-state index in [1.165, 1.54) is 32.1 Å². The fraction of sp³-hybridized carbons (Fsp3) is 0.538. The summed E-state index contributed by atoms with van der Waals surface area (Å²) in [4.78, 5) is 24.1. The van der Waals surface area contributed by atoms with Gasteiger partial charge in [-0.3, -0.25) is 9.78 Å². The second-order valence-electron chi connectivity index (χ2n) is 16.8. The van der Waals surface area contributed by atoms with E-state index in [2.05, 4.69) is 56.3 Å². The Kier molecular flexibility index (Phi) is 11.3. The molecule has 2 aliphatic rings. The Morgan fingerprint density at radius 3 is 2.10 bits per heavy atom. The van der Waals surface area contributed by atoms with Crippen LogP contribution in [0.15, 0.2) is 48.8 Å². The minimum Gasteiger partial charge on any atom is -0.496 e. The highest BCUT2D eigenvalue weighted by Gasteiger charge is 2.36. The number of hydrogen-bond donors (Lipinski definition) is 0. The van der Waals surface area contributed by atoms with E-state index in [-0.39, 0.29) is 0 Å². The molecule has 268 valence electrons. The van der Waals surface area contributed by atoms with Crippen LogP contribution >= 0.6 is 0 Å². The molecule has 1 aromatic carbocycles. The fourth-order valence-corrected chi connectivity index (χ4v) is 8.85. The van der Waals surface area contributed by atoms with Crippen molar-refractivity contribution in [1.82, 2.24) is 19.6 Å². The molecule has 3 aromatic heterocycles. The zero-order valence-corrected chi connectivity index (χ0v) is 33.1. The third kappa shape index (κ3) is 8.91. The maximum Gasteiger partial charge on any atom is 0.165 e. The number of aromatic nitrogens is 4. The van der Waals surface area contributed by atoms with Crippen molar-refractivity contribution in [3.05, 3.63) is 60.0 Å². The van der Waals surface area contributed by atoms with E-state index >= 15 is 0 Å². The number of methoxy groups -OCH3 is 1. The van der Waals surface area contributed by atoms with Crippen LogP contribution in [0.5, 0.6) is 5.75 Å². The van der Waals surface area contributed by atoms with Crippen LogP contribution in [0.2, 0.25) is 51.4 Å². The normalized spacial score (nSPS) is 19.2. The van der Waals surface area contributed by atoms with Crippen LogP contribution in [-0.4, -0.2) is 75.8 Å². The first kappa shape index (κ1) is 36.4. The number of rotatable bonds is 16. The molecular weight excluding hydrogens is 659 g/mol. The van der Waals surface area contributed by atoms with Crippen molar-refractivity contribution >= 4 is 33.9 Å². The molecule has 2 fully saturated rings. The second-order valence-corrected chi connectivity index (χ2v) is 28.0. The van der Waals surface area contributed by atoms with Crippen LogP contribution in [0.1, 0.15) is 54.1 Å². The van der Waals surface area contributed by atoms with Gasteiger partial charge in [0.2, 0.25) is 0 Å². The van der Waals surface area contributed by atoms with Crippen molar-refractivity contribution in [1.29, 1.82) is 0 Å². The average molecular weight is 714 g/mol. The lowest BCUT2D eigenvalue weighted by atomic mass is 9.79. The molecule has 0 amide bonds. The Morgan fingerprint density at radius 1 is 0.860 bits per heavy atom. The lowest BCUT2D eigenvalue weighted by Crippen LogP contribution is -2.33. The van der Waals surface area contributed by atoms with Crippen molar-refractivity contribution in [3.8, 4) is 28.1 Å². The Labute approximate surface area is 299 Å². The summed E-state index contributed by atoms with van der Waals surface area (Å²) in [5, 5.41) is 4.94. The van der Waals surface area contributed by atoms with Gasteiger partial charge in [0.1, 0.15) is 25.0 Å². The molecule has 11 heteroatoms. The van der Waals surface area contributed by atoms with Gasteiger partial charge in [0.15, 0.2) is 11.9 Å². The van der Waals surface area contributed by atoms with Gasteiger partial charge in [-0.05, 0) is 67.5 Å². The molecule has 0 spiro atoms. The van der Waals surface area contributed by atoms with E-state index in [1.54, 1.807) is 13.2 Å². The van der Waals surface area contributed by atoms with Gasteiger partial charge in [0.25, 0.3) is 0 Å². The molecule has 2 aliphatic carbocycles. The van der Waals surface area contributed by atoms with Crippen molar-refractivity contribution in [2.24, 2.45) is 11.8 Å². The highest BCUT2D eigenvalue weighted by Crippen LogP contribution is 2.48. The van der Waals surface area contributed by atoms with Crippen LogP contribution in [0.25, 0.3) is 28.0 Å². The number of ether oxygens (including phenoxy) is 3. The molecule has 6 rings (SSSR count). The average Bonchev–Trinajstić information content (AvgIpc) is 3.67. The molecule has 2 saturated carbocycles. The van der Waals surface area contributed by atoms with E-state index < -0.39 is 16.1 Å². The van der Waals surface area contributed by atoms with Gasteiger partial charge >= 0.3 is 0 Å². The summed E-state index contributed by atoms with van der Waals surface area (Å²) >= 11 is 0. The van der Waals surface area contributed by atoms with Gasteiger partial charge < -0.3 is 19.1 Å². The number of benzene rings is 1. The Morgan fingerprint density at radius 2 is 1.52 bits per heavy atom. The highest BCUT2D eigenvalue weighted by molar-refractivity contribution is 6.76. The Hall–Kier alpha value is -3.39. The zero-order chi connectivity index (χ0) is 35.5. The molecule has 3 atom stereocenters. The molecule has 0 aliphatic heterocycles. The monoisotopic (exact) mass is 713 g/mol. The summed E-state index contributed by atoms with van der Waals surface area (Å²) in [7, 11) is -0.908. The molecule has 2 bridgehead atoms. The van der Waals surface area contributed by atoms with Crippen molar-refractivity contribution < 1.29 is 19.0 Å². The van der Waals surface area contributed by atoms with E-state index in [0.29, 0.717) is 30.7 Å². The minimum absolute atomic E-state index is 0.429. The number of aldehydes is 1. The Balaban J connectivity index is 1.36. The van der Waals surface area contributed by atoms with E-state index in [0.717, 1.165) is 83.0 Å². The number of hydrogen-bond acceptors (Lipinski definition) is 8. The number of carbonyl (C=O) groups is 1. The van der Waals surface area contributed by atoms with Gasteiger partial charge in [-0.25, -0.2) is 4.98 Å². The summed E-state index contributed by atoms with van der Waals surface area (Å²) in [6.07, 6.45) is 11.0. The SMILES string of the molecule is COc1ccc(-c2ccc(-c3cnn4c(N(COCC[Si](C)(C)C)COCC[Si](C)(C)C)cc([C@H]5C[C@@H]6CC[C@@H](C6)C5)nc34)cn2)cc1C=O. The summed E-state index contributed by atoms with van der Waals surface area (Å²) < 4.78 is 20.0. The maximum atomic E-state index is 11.7. The lowest BCUT2D eigenvalue weighted by Gasteiger charge is -2.30. The molecule has 0 unspecified atom stereocenters. The number of pyridine rings is 1. The molecule has 0 N–H and O–H groups in total. The Bertz CT molecular complexity index is 1730. The van der Waals surface area contributed by atoms with E-state index in [9.17, 15) is 4.79 Å². The van der Waals surface area contributed by atoms with Crippen molar-refractivity contribution in [3.63, 3.8) is 0 Å². The van der Waals surface area contributed by atoms with Crippen LogP contribution in [-0.2, 0) is 9.47 Å². The first-order chi connectivity index (χ1) is 23.9. The predicted molar refractivity (Wildman–Crippen MR) is 207 cm³/mol. The number of fused-ring (bicyclic) bond motifs is 3. The van der Waals surface area contributed by atoms with Crippen LogP contribution in [0.3, 0.4) is 0 Å². The van der Waals surface area contributed by atoms with Gasteiger partial charge in [0.05, 0.1) is 24.6 Å². The molecular formula is C39H55N5O4Si2. The predicted octanol–water partition coefficient (Wildman–Crippen LogP) is 9.00. The van der Waals surface area contributed by atoms with Crippen molar-refractivity contribution in [2.75, 3.05) is 38.7 Å². The fourth-order valence-electron chi connectivity index (χ4n) is 7.34. The van der Waals surface area contributed by atoms with Gasteiger partial charge in [-0.15, -0.1) is 0 Å². The quantitative estimate of drug-likeness (QED) is 0.0492. The van der Waals surface area contributed by atoms with Gasteiger partial charge in [0, 0.05) is 69.9 Å². The third-order valence-corrected chi connectivity index (χ3v) is 13.7. The topological polar surface area (TPSA) is 91.1 Å². The molecule has 0 radical (unpaired) electrons. The summed E-state index contributed by atoms with van der Waals surface area (Å²) in [5.74, 6) is 3.53. The molecule has 0 saturated heterocycles.